The molecule has 0 radical (unpaired) electrons. The van der Waals surface area contributed by atoms with Crippen LogP contribution in [-0.4, -0.2) is 50.9 Å². The average molecular weight is 672 g/mol. The minimum Gasteiger partial charge on any atom is -0.497 e. The Kier molecular flexibility index (Phi) is 11.5. The molecule has 0 aliphatic heterocycles. The number of methoxy groups -OCH3 is 1. The van der Waals surface area contributed by atoms with Gasteiger partial charge in [0.1, 0.15) is 24.2 Å². The van der Waals surface area contributed by atoms with Crippen LogP contribution in [0.5, 0.6) is 5.75 Å². The molecule has 48 heavy (non-hydrogen) atoms. The molecular weight excluding hydrogens is 629 g/mol. The summed E-state index contributed by atoms with van der Waals surface area (Å²) in [6, 6.07) is 27.1. The SMILES string of the molecule is COc1ccc(N(CC(=O)N(Cc2ccccc2F)[C@@H](Cc2ccccc2)C(=O)NC2CCCCC2)S(=O)(=O)c2ccc(C)cc2)cc1. The lowest BCUT2D eigenvalue weighted by molar-refractivity contribution is -0.140. The largest absolute Gasteiger partial charge is 0.497 e. The summed E-state index contributed by atoms with van der Waals surface area (Å²) >= 11 is 0. The van der Waals surface area contributed by atoms with Crippen LogP contribution in [0.4, 0.5) is 10.1 Å². The van der Waals surface area contributed by atoms with Crippen LogP contribution in [-0.2, 0) is 32.6 Å². The third-order valence-corrected chi connectivity index (χ3v) is 10.6. The first-order valence-electron chi connectivity index (χ1n) is 16.3. The maximum Gasteiger partial charge on any atom is 0.264 e. The lowest BCUT2D eigenvalue weighted by Crippen LogP contribution is -2.55. The highest BCUT2D eigenvalue weighted by Crippen LogP contribution is 2.28. The number of carbonyl (C=O) groups is 2. The fraction of sp³-hybridized carbons (Fsp3) is 0.316. The zero-order chi connectivity index (χ0) is 34.1. The molecule has 1 saturated carbocycles. The van der Waals surface area contributed by atoms with Crippen molar-refractivity contribution in [3.05, 3.63) is 126 Å². The van der Waals surface area contributed by atoms with E-state index >= 15 is 4.39 Å². The number of hydrogen-bond donors (Lipinski definition) is 1. The van der Waals surface area contributed by atoms with Crippen LogP contribution >= 0.6 is 0 Å². The molecule has 1 aliphatic carbocycles. The minimum absolute atomic E-state index is 0.00764. The summed E-state index contributed by atoms with van der Waals surface area (Å²) in [5.41, 5.74) is 2.14. The van der Waals surface area contributed by atoms with Crippen molar-refractivity contribution in [2.24, 2.45) is 0 Å². The van der Waals surface area contributed by atoms with Gasteiger partial charge < -0.3 is 15.0 Å². The zero-order valence-electron chi connectivity index (χ0n) is 27.3. The highest BCUT2D eigenvalue weighted by molar-refractivity contribution is 7.92. The first kappa shape index (κ1) is 34.6. The fourth-order valence-electron chi connectivity index (χ4n) is 6.02. The monoisotopic (exact) mass is 671 g/mol. The Labute approximate surface area is 282 Å². The molecule has 4 aromatic rings. The number of nitrogens with one attached hydrogen (secondary N) is 1. The number of carbonyl (C=O) groups excluding carboxylic acids is 2. The smallest absolute Gasteiger partial charge is 0.264 e. The first-order valence-corrected chi connectivity index (χ1v) is 17.7. The number of nitrogens with zero attached hydrogens (tertiary/aromatic N) is 2. The third-order valence-electron chi connectivity index (χ3n) is 8.77. The second-order valence-corrected chi connectivity index (χ2v) is 14.0. The topological polar surface area (TPSA) is 96.0 Å². The van der Waals surface area contributed by atoms with Gasteiger partial charge in [-0.25, -0.2) is 12.8 Å². The Morgan fingerprint density at radius 1 is 0.875 bits per heavy atom. The van der Waals surface area contributed by atoms with E-state index in [2.05, 4.69) is 5.32 Å². The van der Waals surface area contributed by atoms with Crippen molar-refractivity contribution < 1.29 is 27.1 Å². The van der Waals surface area contributed by atoms with E-state index in [4.69, 9.17) is 4.74 Å². The van der Waals surface area contributed by atoms with Crippen molar-refractivity contribution in [1.82, 2.24) is 10.2 Å². The molecule has 10 heteroatoms. The van der Waals surface area contributed by atoms with Gasteiger partial charge in [0.2, 0.25) is 11.8 Å². The van der Waals surface area contributed by atoms with Gasteiger partial charge in [0.25, 0.3) is 10.0 Å². The highest BCUT2D eigenvalue weighted by Gasteiger charge is 2.35. The summed E-state index contributed by atoms with van der Waals surface area (Å²) in [5.74, 6) is -1.01. The molecule has 1 aliphatic rings. The van der Waals surface area contributed by atoms with E-state index in [9.17, 15) is 18.0 Å². The van der Waals surface area contributed by atoms with Crippen molar-refractivity contribution in [3.8, 4) is 5.75 Å². The van der Waals surface area contributed by atoms with Gasteiger partial charge in [-0.2, -0.15) is 0 Å². The molecule has 0 bridgehead atoms. The molecule has 4 aromatic carbocycles. The van der Waals surface area contributed by atoms with Gasteiger partial charge in [-0.3, -0.25) is 13.9 Å². The number of sulfonamides is 1. The van der Waals surface area contributed by atoms with Gasteiger partial charge in [-0.05, 0) is 67.8 Å². The van der Waals surface area contributed by atoms with E-state index < -0.39 is 34.3 Å². The quantitative estimate of drug-likeness (QED) is 0.177. The number of amides is 2. The van der Waals surface area contributed by atoms with E-state index in [1.54, 1.807) is 54.6 Å². The molecule has 0 heterocycles. The van der Waals surface area contributed by atoms with E-state index in [1.807, 2.05) is 37.3 Å². The summed E-state index contributed by atoms with van der Waals surface area (Å²) in [6.07, 6.45) is 4.94. The molecule has 8 nitrogen and oxygen atoms in total. The molecule has 1 fully saturated rings. The number of rotatable bonds is 13. The van der Waals surface area contributed by atoms with Crippen molar-refractivity contribution in [3.63, 3.8) is 0 Å². The Hall–Kier alpha value is -4.70. The number of ether oxygens (including phenoxy) is 1. The lowest BCUT2D eigenvalue weighted by Gasteiger charge is -2.35. The van der Waals surface area contributed by atoms with Crippen LogP contribution in [0, 0.1) is 12.7 Å². The van der Waals surface area contributed by atoms with Gasteiger partial charge >= 0.3 is 0 Å². The van der Waals surface area contributed by atoms with Crippen LogP contribution in [0.25, 0.3) is 0 Å². The predicted octanol–water partition coefficient (Wildman–Crippen LogP) is 6.43. The van der Waals surface area contributed by atoms with Gasteiger partial charge in [-0.1, -0.05) is 85.5 Å². The summed E-state index contributed by atoms with van der Waals surface area (Å²) in [5, 5.41) is 3.16. The predicted molar refractivity (Wildman–Crippen MR) is 185 cm³/mol. The minimum atomic E-state index is -4.26. The standard InChI is InChI=1S/C38H42FN3O5S/c1-28-17-23-34(24-18-28)48(45,46)42(32-19-21-33(47-2)22-20-32)27-37(43)41(26-30-13-9-10-16-35(30)39)36(25-29-11-5-3-6-12-29)38(44)40-31-14-7-4-8-15-31/h3,5-6,9-13,16-24,31,36H,4,7-8,14-15,25-27H2,1-2H3,(H,40,44)/t36-/m0/s1. The van der Waals surface area contributed by atoms with Crippen molar-refractivity contribution >= 4 is 27.5 Å². The van der Waals surface area contributed by atoms with Crippen LogP contribution in [0.1, 0.15) is 48.8 Å². The van der Waals surface area contributed by atoms with Crippen LogP contribution in [0.3, 0.4) is 0 Å². The normalized spacial score (nSPS) is 14.1. The fourth-order valence-corrected chi connectivity index (χ4v) is 7.44. The molecule has 0 aromatic heterocycles. The maximum absolute atomic E-state index is 15.2. The van der Waals surface area contributed by atoms with E-state index in [0.29, 0.717) is 5.75 Å². The van der Waals surface area contributed by atoms with Gasteiger partial charge in [0, 0.05) is 24.6 Å². The Balaban J connectivity index is 1.57. The van der Waals surface area contributed by atoms with Crippen LogP contribution in [0.15, 0.2) is 108 Å². The molecule has 2 amide bonds. The average Bonchev–Trinajstić information content (AvgIpc) is 3.10. The van der Waals surface area contributed by atoms with Gasteiger partial charge in [0.15, 0.2) is 0 Å². The zero-order valence-corrected chi connectivity index (χ0v) is 28.2. The molecule has 1 N–H and O–H groups in total. The molecule has 5 rings (SSSR count). The van der Waals surface area contributed by atoms with Crippen molar-refractivity contribution in [2.45, 2.75) is 69.0 Å². The summed E-state index contributed by atoms with van der Waals surface area (Å²) in [6.45, 7) is 0.994. The number of hydrogen-bond acceptors (Lipinski definition) is 5. The van der Waals surface area contributed by atoms with Crippen LogP contribution < -0.4 is 14.4 Å². The Bertz CT molecular complexity index is 1780. The molecule has 1 atom stereocenters. The highest BCUT2D eigenvalue weighted by atomic mass is 32.2. The van der Waals surface area contributed by atoms with Crippen molar-refractivity contribution in [1.29, 1.82) is 0 Å². The Morgan fingerprint density at radius 3 is 2.17 bits per heavy atom. The first-order chi connectivity index (χ1) is 23.2. The van der Waals surface area contributed by atoms with E-state index in [1.165, 1.54) is 30.2 Å². The summed E-state index contributed by atoms with van der Waals surface area (Å²) in [4.78, 5) is 30.1. The third kappa shape index (κ3) is 8.60. The second-order valence-electron chi connectivity index (χ2n) is 12.2. The molecule has 0 unspecified atom stereocenters. The van der Waals surface area contributed by atoms with Gasteiger partial charge in [-0.15, -0.1) is 0 Å². The van der Waals surface area contributed by atoms with Crippen LogP contribution in [0.2, 0.25) is 0 Å². The molecule has 252 valence electrons. The number of benzene rings is 4. The molecule has 0 saturated heterocycles. The molecular formula is C38H42FN3O5S. The van der Waals surface area contributed by atoms with Crippen molar-refractivity contribution in [2.75, 3.05) is 18.0 Å². The Morgan fingerprint density at radius 2 is 1.52 bits per heavy atom. The summed E-state index contributed by atoms with van der Waals surface area (Å²) < 4.78 is 49.9. The summed E-state index contributed by atoms with van der Waals surface area (Å²) in [7, 11) is -2.75. The maximum atomic E-state index is 15.2. The number of halogens is 1. The van der Waals surface area contributed by atoms with Gasteiger partial charge in [0.05, 0.1) is 17.7 Å². The second kappa shape index (κ2) is 15.9. The van der Waals surface area contributed by atoms with E-state index in [0.717, 1.165) is 47.5 Å². The number of aryl methyl sites for hydroxylation is 1. The lowest BCUT2D eigenvalue weighted by atomic mass is 9.94. The molecule has 0 spiro atoms. The number of anilines is 1. The van der Waals surface area contributed by atoms with E-state index in [-0.39, 0.29) is 41.1 Å².